The molecule has 2 unspecified atom stereocenters. The lowest BCUT2D eigenvalue weighted by Gasteiger charge is -2.32. The maximum absolute atomic E-state index is 12.9. The van der Waals surface area contributed by atoms with Gasteiger partial charge in [0.15, 0.2) is 11.6 Å². The van der Waals surface area contributed by atoms with Gasteiger partial charge in [-0.2, -0.15) is 0 Å². The summed E-state index contributed by atoms with van der Waals surface area (Å²) in [6, 6.07) is 11.1. The van der Waals surface area contributed by atoms with Crippen LogP contribution in [-0.4, -0.2) is 24.2 Å². The molecule has 2 aromatic carbocycles. The van der Waals surface area contributed by atoms with Crippen LogP contribution in [0.1, 0.15) is 11.1 Å². The number of rotatable bonds is 4. The van der Waals surface area contributed by atoms with Crippen molar-refractivity contribution in [1.82, 2.24) is 5.32 Å². The van der Waals surface area contributed by atoms with E-state index >= 15 is 0 Å². The van der Waals surface area contributed by atoms with Gasteiger partial charge in [0.05, 0.1) is 6.34 Å². The summed E-state index contributed by atoms with van der Waals surface area (Å²) in [6.45, 7) is 1.85. The molecule has 134 valence electrons. The molecule has 8 heteroatoms. The average molecular weight is 436 g/mol. The molecule has 4 N–H and O–H groups in total. The molecule has 2 aromatic rings. The molecule has 1 heterocycles. The lowest BCUT2D eigenvalue weighted by atomic mass is 9.80. The zero-order valence-corrected chi connectivity index (χ0v) is 16.1. The number of carbonyl (C=O) groups excluding carboxylic acids is 2. The minimum absolute atomic E-state index is 0.452. The monoisotopic (exact) mass is 434 g/mol. The Labute approximate surface area is 164 Å². The van der Waals surface area contributed by atoms with Crippen LogP contribution in [0.25, 0.3) is 0 Å². The van der Waals surface area contributed by atoms with Crippen molar-refractivity contribution in [1.29, 1.82) is 0 Å². The van der Waals surface area contributed by atoms with Crippen molar-refractivity contribution in [2.75, 3.05) is 5.32 Å². The minimum atomic E-state index is -1.47. The number of hydrogen-bond acceptors (Lipinski definition) is 4. The van der Waals surface area contributed by atoms with Gasteiger partial charge < -0.3 is 16.4 Å². The van der Waals surface area contributed by atoms with Gasteiger partial charge in [0.2, 0.25) is 0 Å². The Morgan fingerprint density at radius 2 is 1.96 bits per heavy atom. The number of aryl methyl sites for hydroxylation is 1. The van der Waals surface area contributed by atoms with Gasteiger partial charge >= 0.3 is 0 Å². The van der Waals surface area contributed by atoms with Crippen molar-refractivity contribution in [3.8, 4) is 0 Å². The first-order valence-corrected chi connectivity index (χ1v) is 8.94. The molecule has 6 nitrogen and oxygen atoms in total. The summed E-state index contributed by atoms with van der Waals surface area (Å²) < 4.78 is 0.768. The SMILES string of the molecule is Cc1ccc(Br)cc1C1(C(N)=O)NC=NC1C(=O)Nc1ccc(Cl)cc1. The first kappa shape index (κ1) is 18.4. The van der Waals surface area contributed by atoms with E-state index in [1.807, 2.05) is 19.1 Å². The van der Waals surface area contributed by atoms with Crippen LogP contribution in [0.2, 0.25) is 5.02 Å². The zero-order chi connectivity index (χ0) is 18.9. The van der Waals surface area contributed by atoms with E-state index < -0.39 is 23.4 Å². The summed E-state index contributed by atoms with van der Waals surface area (Å²) in [4.78, 5) is 29.5. The molecule has 26 heavy (non-hydrogen) atoms. The molecule has 1 aliphatic rings. The van der Waals surface area contributed by atoms with Gasteiger partial charge in [-0.15, -0.1) is 0 Å². The van der Waals surface area contributed by atoms with Crippen molar-refractivity contribution in [2.45, 2.75) is 18.5 Å². The fraction of sp³-hybridized carbons (Fsp3) is 0.167. The Morgan fingerprint density at radius 1 is 1.27 bits per heavy atom. The smallest absolute Gasteiger partial charge is 0.252 e. The van der Waals surface area contributed by atoms with Crippen molar-refractivity contribution in [3.63, 3.8) is 0 Å². The molecule has 0 aromatic heterocycles. The Hall–Kier alpha value is -2.38. The van der Waals surface area contributed by atoms with Crippen LogP contribution < -0.4 is 16.4 Å². The lowest BCUT2D eigenvalue weighted by molar-refractivity contribution is -0.129. The van der Waals surface area contributed by atoms with Gasteiger partial charge in [0.1, 0.15) is 0 Å². The molecule has 0 saturated heterocycles. The second-order valence-electron chi connectivity index (χ2n) is 5.95. The molecular formula is C18H16BrClN4O2. The van der Waals surface area contributed by atoms with Crippen LogP contribution in [0.15, 0.2) is 51.9 Å². The number of benzene rings is 2. The third-order valence-electron chi connectivity index (χ3n) is 4.30. The maximum atomic E-state index is 12.9. The van der Waals surface area contributed by atoms with Crippen molar-refractivity contribution < 1.29 is 9.59 Å². The number of nitrogens with two attached hydrogens (primary N) is 1. The molecule has 0 spiro atoms. The van der Waals surface area contributed by atoms with Crippen LogP contribution in [0.4, 0.5) is 5.69 Å². The number of amides is 2. The van der Waals surface area contributed by atoms with Crippen LogP contribution in [0, 0.1) is 6.92 Å². The van der Waals surface area contributed by atoms with Crippen molar-refractivity contribution >= 4 is 51.4 Å². The highest BCUT2D eigenvalue weighted by Gasteiger charge is 2.52. The maximum Gasteiger partial charge on any atom is 0.252 e. The quantitative estimate of drug-likeness (QED) is 0.689. The molecule has 0 fully saturated rings. The second-order valence-corrected chi connectivity index (χ2v) is 7.30. The first-order valence-electron chi connectivity index (χ1n) is 7.77. The van der Waals surface area contributed by atoms with Gasteiger partial charge in [0, 0.05) is 15.2 Å². The number of carbonyl (C=O) groups is 2. The molecule has 1 aliphatic heterocycles. The molecule has 2 atom stereocenters. The third kappa shape index (κ3) is 3.20. The Balaban J connectivity index is 2.00. The summed E-state index contributed by atoms with van der Waals surface area (Å²) in [5.74, 6) is -1.14. The summed E-state index contributed by atoms with van der Waals surface area (Å²) >= 11 is 9.26. The highest BCUT2D eigenvalue weighted by molar-refractivity contribution is 9.10. The zero-order valence-electron chi connectivity index (χ0n) is 13.8. The van der Waals surface area contributed by atoms with Crippen molar-refractivity contribution in [3.05, 3.63) is 63.1 Å². The van der Waals surface area contributed by atoms with Gasteiger partial charge in [-0.05, 0) is 54.4 Å². The van der Waals surface area contributed by atoms with Gasteiger partial charge in [0.25, 0.3) is 11.8 Å². The number of halogens is 2. The van der Waals surface area contributed by atoms with E-state index in [1.165, 1.54) is 6.34 Å². The summed E-state index contributed by atoms with van der Waals surface area (Å²) in [6.07, 6.45) is 1.34. The van der Waals surface area contributed by atoms with E-state index in [0.717, 1.165) is 10.0 Å². The van der Waals surface area contributed by atoms with E-state index in [0.29, 0.717) is 16.3 Å². The highest BCUT2D eigenvalue weighted by Crippen LogP contribution is 2.34. The molecule has 0 aliphatic carbocycles. The van der Waals surface area contributed by atoms with E-state index in [-0.39, 0.29) is 0 Å². The molecule has 0 radical (unpaired) electrons. The Morgan fingerprint density at radius 3 is 2.62 bits per heavy atom. The third-order valence-corrected chi connectivity index (χ3v) is 5.04. The summed E-state index contributed by atoms with van der Waals surface area (Å²) in [5.41, 5.74) is 6.22. The number of hydrogen-bond donors (Lipinski definition) is 3. The predicted octanol–water partition coefficient (Wildman–Crippen LogP) is 2.73. The summed E-state index contributed by atoms with van der Waals surface area (Å²) in [5, 5.41) is 6.22. The fourth-order valence-electron chi connectivity index (χ4n) is 3.00. The summed E-state index contributed by atoms with van der Waals surface area (Å²) in [7, 11) is 0. The largest absolute Gasteiger partial charge is 0.367 e. The molecule has 2 amide bonds. The lowest BCUT2D eigenvalue weighted by Crippen LogP contribution is -2.59. The van der Waals surface area contributed by atoms with Crippen molar-refractivity contribution in [2.24, 2.45) is 10.7 Å². The highest BCUT2D eigenvalue weighted by atomic mass is 79.9. The fourth-order valence-corrected chi connectivity index (χ4v) is 3.48. The standard InChI is InChI=1S/C18H16BrClN4O2/c1-10-2-3-11(19)8-14(10)18(17(21)26)15(22-9-23-18)16(25)24-13-6-4-12(20)5-7-13/h2-9,15H,1H3,(H2,21,26)(H,22,23)(H,24,25). The van der Waals surface area contributed by atoms with Crippen LogP contribution in [0.5, 0.6) is 0 Å². The predicted molar refractivity (Wildman–Crippen MR) is 105 cm³/mol. The second kappa shape index (κ2) is 7.09. The average Bonchev–Trinajstić information content (AvgIpc) is 3.05. The van der Waals surface area contributed by atoms with Gasteiger partial charge in [-0.1, -0.05) is 33.6 Å². The topological polar surface area (TPSA) is 96.6 Å². The number of primary amides is 1. The minimum Gasteiger partial charge on any atom is -0.367 e. The number of nitrogens with zero attached hydrogens (tertiary/aromatic N) is 1. The number of anilines is 1. The number of aliphatic imine (C=N–C) groups is 1. The van der Waals surface area contributed by atoms with E-state index in [2.05, 4.69) is 31.6 Å². The van der Waals surface area contributed by atoms with Crippen LogP contribution in [0.3, 0.4) is 0 Å². The van der Waals surface area contributed by atoms with E-state index in [4.69, 9.17) is 17.3 Å². The van der Waals surface area contributed by atoms with E-state index in [1.54, 1.807) is 30.3 Å². The van der Waals surface area contributed by atoms with E-state index in [9.17, 15) is 9.59 Å². The molecular weight excluding hydrogens is 420 g/mol. The molecule has 0 bridgehead atoms. The molecule has 3 rings (SSSR count). The van der Waals surface area contributed by atoms with Crippen LogP contribution >= 0.6 is 27.5 Å². The van der Waals surface area contributed by atoms with Crippen LogP contribution in [-0.2, 0) is 15.1 Å². The molecule has 0 saturated carbocycles. The van der Waals surface area contributed by atoms with Gasteiger partial charge in [-0.25, -0.2) is 0 Å². The normalized spacial score (nSPS) is 21.3. The first-order chi connectivity index (χ1) is 12.3. The Bertz CT molecular complexity index is 901. The number of nitrogens with one attached hydrogen (secondary N) is 2. The Kier molecular flexibility index (Phi) is 5.02. The van der Waals surface area contributed by atoms with Gasteiger partial charge in [-0.3, -0.25) is 14.6 Å².